The molecule has 1 aromatic heterocycles. The standard InChI is InChI=1S/C17H15F3N2O3S/c1-16(13-6-3-7-26-13)14(23)22(15(24)21-16)9-11-4-2-5-12(8-11)25-10-17(18,19)20/h2-8H,9-10H2,1H3,(H,21,24). The van der Waals surface area contributed by atoms with Crippen LogP contribution in [0.2, 0.25) is 0 Å². The maximum absolute atomic E-state index is 12.8. The van der Waals surface area contributed by atoms with Gasteiger partial charge in [0.2, 0.25) is 0 Å². The highest BCUT2D eigenvalue weighted by Crippen LogP contribution is 2.32. The number of urea groups is 1. The van der Waals surface area contributed by atoms with Crippen molar-refractivity contribution in [1.29, 1.82) is 0 Å². The van der Waals surface area contributed by atoms with E-state index < -0.39 is 30.3 Å². The number of hydrogen-bond donors (Lipinski definition) is 1. The monoisotopic (exact) mass is 384 g/mol. The number of carbonyl (C=O) groups excluding carboxylic acids is 2. The van der Waals surface area contributed by atoms with Gasteiger partial charge in [0.1, 0.15) is 5.75 Å². The van der Waals surface area contributed by atoms with Crippen LogP contribution in [0.3, 0.4) is 0 Å². The molecule has 1 saturated heterocycles. The van der Waals surface area contributed by atoms with E-state index in [9.17, 15) is 22.8 Å². The van der Waals surface area contributed by atoms with Crippen LogP contribution in [-0.4, -0.2) is 29.6 Å². The van der Waals surface area contributed by atoms with E-state index in [2.05, 4.69) is 5.32 Å². The molecule has 1 N–H and O–H groups in total. The van der Waals surface area contributed by atoms with Gasteiger partial charge in [0.15, 0.2) is 12.1 Å². The molecule has 0 saturated carbocycles. The number of benzene rings is 1. The Morgan fingerprint density at radius 1 is 1.23 bits per heavy atom. The minimum atomic E-state index is -4.44. The number of alkyl halides is 3. The van der Waals surface area contributed by atoms with Gasteiger partial charge in [-0.1, -0.05) is 18.2 Å². The second kappa shape index (κ2) is 6.64. The molecule has 0 aliphatic carbocycles. The molecule has 0 spiro atoms. The van der Waals surface area contributed by atoms with Gasteiger partial charge >= 0.3 is 12.2 Å². The third-order valence-electron chi connectivity index (χ3n) is 3.93. The van der Waals surface area contributed by atoms with E-state index in [1.807, 2.05) is 5.38 Å². The number of ether oxygens (including phenoxy) is 1. The Balaban J connectivity index is 1.75. The summed E-state index contributed by atoms with van der Waals surface area (Å²) in [6, 6.07) is 8.89. The average Bonchev–Trinajstić information content (AvgIpc) is 3.18. The molecule has 2 aromatic rings. The lowest BCUT2D eigenvalue weighted by molar-refractivity contribution is -0.153. The van der Waals surface area contributed by atoms with Crippen molar-refractivity contribution in [2.75, 3.05) is 6.61 Å². The van der Waals surface area contributed by atoms with Crippen molar-refractivity contribution in [1.82, 2.24) is 10.2 Å². The number of nitrogens with zero attached hydrogens (tertiary/aromatic N) is 1. The molecular weight excluding hydrogens is 369 g/mol. The zero-order chi connectivity index (χ0) is 18.9. The summed E-state index contributed by atoms with van der Waals surface area (Å²) < 4.78 is 41.5. The first-order valence-corrected chi connectivity index (χ1v) is 8.53. The zero-order valence-corrected chi connectivity index (χ0v) is 14.5. The van der Waals surface area contributed by atoms with E-state index in [1.165, 1.54) is 29.5 Å². The third kappa shape index (κ3) is 3.67. The van der Waals surface area contributed by atoms with Crippen LogP contribution in [-0.2, 0) is 16.9 Å². The molecule has 1 fully saturated rings. The Hall–Kier alpha value is -2.55. The second-order valence-electron chi connectivity index (χ2n) is 5.98. The summed E-state index contributed by atoms with van der Waals surface area (Å²) in [7, 11) is 0. The lowest BCUT2D eigenvalue weighted by atomic mass is 10.0. The highest BCUT2D eigenvalue weighted by Gasteiger charge is 2.49. The molecule has 5 nitrogen and oxygen atoms in total. The largest absolute Gasteiger partial charge is 0.484 e. The minimum absolute atomic E-state index is 0.0212. The van der Waals surface area contributed by atoms with E-state index in [4.69, 9.17) is 4.74 Å². The van der Waals surface area contributed by atoms with E-state index in [0.29, 0.717) is 10.4 Å². The molecular formula is C17H15F3N2O3S. The van der Waals surface area contributed by atoms with Crippen LogP contribution in [0.5, 0.6) is 5.75 Å². The number of halogens is 3. The molecule has 0 radical (unpaired) electrons. The molecule has 2 heterocycles. The van der Waals surface area contributed by atoms with E-state index in [-0.39, 0.29) is 12.3 Å². The summed E-state index contributed by atoms with van der Waals surface area (Å²) in [6.45, 7) is 0.160. The molecule has 26 heavy (non-hydrogen) atoms. The van der Waals surface area contributed by atoms with Crippen molar-refractivity contribution < 1.29 is 27.5 Å². The molecule has 1 unspecified atom stereocenters. The molecule has 1 atom stereocenters. The van der Waals surface area contributed by atoms with Crippen LogP contribution < -0.4 is 10.1 Å². The van der Waals surface area contributed by atoms with Gasteiger partial charge in [0, 0.05) is 4.88 Å². The fourth-order valence-corrected chi connectivity index (χ4v) is 3.49. The highest BCUT2D eigenvalue weighted by atomic mass is 32.1. The maximum Gasteiger partial charge on any atom is 0.422 e. The summed E-state index contributed by atoms with van der Waals surface area (Å²) >= 11 is 1.36. The Labute approximate surface area is 151 Å². The lowest BCUT2D eigenvalue weighted by Gasteiger charge is -2.20. The number of nitrogens with one attached hydrogen (secondary N) is 1. The quantitative estimate of drug-likeness (QED) is 0.801. The Morgan fingerprint density at radius 3 is 2.65 bits per heavy atom. The molecule has 3 amide bonds. The predicted molar refractivity (Wildman–Crippen MR) is 88.7 cm³/mol. The maximum atomic E-state index is 12.8. The van der Waals surface area contributed by atoms with Crippen molar-refractivity contribution in [3.8, 4) is 5.75 Å². The summed E-state index contributed by atoms with van der Waals surface area (Å²) in [5, 5.41) is 4.49. The Kier molecular flexibility index (Phi) is 4.66. The van der Waals surface area contributed by atoms with Gasteiger partial charge in [0.25, 0.3) is 5.91 Å². The molecule has 1 aliphatic rings. The van der Waals surface area contributed by atoms with Crippen molar-refractivity contribution in [3.05, 3.63) is 52.2 Å². The van der Waals surface area contributed by atoms with E-state index >= 15 is 0 Å². The summed E-state index contributed by atoms with van der Waals surface area (Å²) in [4.78, 5) is 26.8. The van der Waals surface area contributed by atoms with Crippen molar-refractivity contribution in [3.63, 3.8) is 0 Å². The predicted octanol–water partition coefficient (Wildman–Crippen LogP) is 3.66. The highest BCUT2D eigenvalue weighted by molar-refractivity contribution is 7.10. The van der Waals surface area contributed by atoms with Crippen molar-refractivity contribution >= 4 is 23.3 Å². The number of rotatable bonds is 5. The lowest BCUT2D eigenvalue weighted by Crippen LogP contribution is -2.40. The van der Waals surface area contributed by atoms with Crippen molar-refractivity contribution in [2.24, 2.45) is 0 Å². The number of amides is 3. The number of imide groups is 1. The summed E-state index contributed by atoms with van der Waals surface area (Å²) in [5.74, 6) is -0.389. The van der Waals surface area contributed by atoms with Crippen LogP contribution in [0.25, 0.3) is 0 Å². The normalized spacial score (nSPS) is 20.4. The van der Waals surface area contributed by atoms with Crippen LogP contribution in [0.1, 0.15) is 17.4 Å². The topological polar surface area (TPSA) is 58.6 Å². The molecule has 3 rings (SSSR count). The van der Waals surface area contributed by atoms with Crippen LogP contribution >= 0.6 is 11.3 Å². The van der Waals surface area contributed by atoms with Gasteiger partial charge in [0.05, 0.1) is 6.54 Å². The first-order valence-electron chi connectivity index (χ1n) is 7.66. The van der Waals surface area contributed by atoms with Gasteiger partial charge in [-0.25, -0.2) is 4.79 Å². The van der Waals surface area contributed by atoms with Crippen LogP contribution in [0.4, 0.5) is 18.0 Å². The SMILES string of the molecule is CC1(c2cccs2)NC(=O)N(Cc2cccc(OCC(F)(F)F)c2)C1=O. The number of thiophene rings is 1. The van der Waals surface area contributed by atoms with Crippen molar-refractivity contribution in [2.45, 2.75) is 25.2 Å². The van der Waals surface area contributed by atoms with E-state index in [0.717, 1.165) is 4.90 Å². The van der Waals surface area contributed by atoms with Crippen LogP contribution in [0, 0.1) is 0 Å². The van der Waals surface area contributed by atoms with Gasteiger partial charge in [-0.2, -0.15) is 13.2 Å². The molecule has 9 heteroatoms. The Morgan fingerprint density at radius 2 is 2.00 bits per heavy atom. The fourth-order valence-electron chi connectivity index (χ4n) is 2.65. The summed E-state index contributed by atoms with van der Waals surface area (Å²) in [5.41, 5.74) is -0.654. The first-order chi connectivity index (χ1) is 12.2. The van der Waals surface area contributed by atoms with Gasteiger partial charge < -0.3 is 10.1 Å². The average molecular weight is 384 g/mol. The molecule has 1 aromatic carbocycles. The number of carbonyl (C=O) groups is 2. The molecule has 1 aliphatic heterocycles. The van der Waals surface area contributed by atoms with Crippen LogP contribution in [0.15, 0.2) is 41.8 Å². The first kappa shape index (κ1) is 18.2. The van der Waals surface area contributed by atoms with Gasteiger partial charge in [-0.15, -0.1) is 11.3 Å². The fraction of sp³-hybridized carbons (Fsp3) is 0.294. The smallest absolute Gasteiger partial charge is 0.422 e. The van der Waals surface area contributed by atoms with Gasteiger partial charge in [-0.05, 0) is 36.1 Å². The minimum Gasteiger partial charge on any atom is -0.484 e. The molecule has 0 bridgehead atoms. The summed E-state index contributed by atoms with van der Waals surface area (Å²) in [6.07, 6.45) is -4.44. The van der Waals surface area contributed by atoms with Gasteiger partial charge in [-0.3, -0.25) is 9.69 Å². The third-order valence-corrected chi connectivity index (χ3v) is 5.02. The second-order valence-corrected chi connectivity index (χ2v) is 6.92. The molecule has 138 valence electrons. The Bertz CT molecular complexity index is 823. The van der Waals surface area contributed by atoms with E-state index in [1.54, 1.807) is 25.1 Å². The zero-order valence-electron chi connectivity index (χ0n) is 13.7. The number of hydrogen-bond acceptors (Lipinski definition) is 4.